The Morgan fingerprint density at radius 3 is 2.38 bits per heavy atom. The normalized spacial score (nSPS) is 17.6. The van der Waals surface area contributed by atoms with E-state index in [1.165, 1.54) is 38.9 Å². The third-order valence-corrected chi connectivity index (χ3v) is 4.93. The van der Waals surface area contributed by atoms with E-state index in [-0.39, 0.29) is 0 Å². The molecule has 1 nitrogen and oxygen atoms in total. The van der Waals surface area contributed by atoms with Crippen LogP contribution < -0.4 is 5.32 Å². The molecule has 1 aliphatic rings. The van der Waals surface area contributed by atoms with Gasteiger partial charge in [-0.05, 0) is 86.0 Å². The Morgan fingerprint density at radius 2 is 1.62 bits per heavy atom. The summed E-state index contributed by atoms with van der Waals surface area (Å²) in [6, 6.07) is 12.1. The number of hydrogen-bond acceptors (Lipinski definition) is 1. The van der Waals surface area contributed by atoms with E-state index in [4.69, 9.17) is 0 Å². The summed E-state index contributed by atoms with van der Waals surface area (Å²) in [4.78, 5) is 0. The van der Waals surface area contributed by atoms with E-state index in [0.717, 1.165) is 19.4 Å². The summed E-state index contributed by atoms with van der Waals surface area (Å²) in [5.41, 5.74) is 10.1. The summed E-state index contributed by atoms with van der Waals surface area (Å²) in [6.07, 6.45) is 2.23. The molecule has 1 aliphatic heterocycles. The molecule has 2 aromatic carbocycles. The van der Waals surface area contributed by atoms with Crippen LogP contribution in [-0.4, -0.2) is 6.54 Å². The van der Waals surface area contributed by atoms with Crippen molar-refractivity contribution in [2.75, 3.05) is 6.54 Å². The average Bonchev–Trinajstić information content (AvgIpc) is 2.45. The van der Waals surface area contributed by atoms with Crippen molar-refractivity contribution >= 4 is 0 Å². The zero-order chi connectivity index (χ0) is 15.0. The second-order valence-electron chi connectivity index (χ2n) is 6.51. The predicted octanol–water partition coefficient (Wildman–Crippen LogP) is 4.35. The fourth-order valence-corrected chi connectivity index (χ4v) is 3.28. The summed E-state index contributed by atoms with van der Waals surface area (Å²) in [6.45, 7) is 9.91. The summed E-state index contributed by atoms with van der Waals surface area (Å²) in [7, 11) is 0. The molecular weight excluding hydrogens is 254 g/mol. The van der Waals surface area contributed by atoms with Gasteiger partial charge in [-0.1, -0.05) is 30.3 Å². The maximum Gasteiger partial charge on any atom is 0.0363 e. The van der Waals surface area contributed by atoms with Crippen LogP contribution in [0.15, 0.2) is 30.3 Å². The largest absolute Gasteiger partial charge is 0.309 e. The zero-order valence-corrected chi connectivity index (χ0v) is 13.6. The minimum Gasteiger partial charge on any atom is -0.309 e. The highest BCUT2D eigenvalue weighted by Gasteiger charge is 2.20. The van der Waals surface area contributed by atoms with E-state index in [1.54, 1.807) is 0 Å². The predicted molar refractivity (Wildman–Crippen MR) is 90.0 cm³/mol. The van der Waals surface area contributed by atoms with Gasteiger partial charge in [0, 0.05) is 6.04 Å². The van der Waals surface area contributed by atoms with Crippen molar-refractivity contribution < 1.29 is 0 Å². The molecule has 0 saturated heterocycles. The van der Waals surface area contributed by atoms with E-state index in [1.807, 2.05) is 0 Å². The molecule has 3 rings (SSSR count). The molecule has 0 aliphatic carbocycles. The van der Waals surface area contributed by atoms with Crippen molar-refractivity contribution in [3.63, 3.8) is 0 Å². The molecule has 1 heteroatoms. The Morgan fingerprint density at radius 1 is 0.905 bits per heavy atom. The standard InChI is InChI=1S/C20H25N/c1-13-5-6-17(9-14(13)2)12-20-19-11-16(4)15(3)10-18(19)7-8-21-20/h5-6,9-11,20-21H,7-8,12H2,1-4H3/t20-/m0/s1. The Balaban J connectivity index is 1.91. The molecule has 0 bridgehead atoms. The molecule has 2 aromatic rings. The fraction of sp³-hybridized carbons (Fsp3) is 0.400. The van der Waals surface area contributed by atoms with Gasteiger partial charge in [0.05, 0.1) is 0 Å². The maximum atomic E-state index is 3.70. The first-order valence-electron chi connectivity index (χ1n) is 7.94. The lowest BCUT2D eigenvalue weighted by molar-refractivity contribution is 0.502. The number of benzene rings is 2. The molecular formula is C20H25N. The lowest BCUT2D eigenvalue weighted by Gasteiger charge is -2.28. The topological polar surface area (TPSA) is 12.0 Å². The third kappa shape index (κ3) is 2.89. The van der Waals surface area contributed by atoms with Crippen LogP contribution in [0.25, 0.3) is 0 Å². The summed E-state index contributed by atoms with van der Waals surface area (Å²) >= 11 is 0. The SMILES string of the molecule is Cc1ccc(C[C@@H]2NCCc3cc(C)c(C)cc32)cc1C. The monoisotopic (exact) mass is 279 g/mol. The Labute approximate surface area is 128 Å². The van der Waals surface area contributed by atoms with E-state index in [0.29, 0.717) is 6.04 Å². The van der Waals surface area contributed by atoms with Crippen LogP contribution in [0, 0.1) is 27.7 Å². The quantitative estimate of drug-likeness (QED) is 0.862. The smallest absolute Gasteiger partial charge is 0.0363 e. The summed E-state index contributed by atoms with van der Waals surface area (Å²) < 4.78 is 0. The molecule has 0 saturated carbocycles. The van der Waals surface area contributed by atoms with Crippen molar-refractivity contribution in [3.05, 3.63) is 69.3 Å². The Kier molecular flexibility index (Phi) is 3.86. The van der Waals surface area contributed by atoms with Crippen molar-refractivity contribution in [2.24, 2.45) is 0 Å². The molecule has 1 heterocycles. The van der Waals surface area contributed by atoms with Crippen LogP contribution in [0.1, 0.15) is 45.0 Å². The highest BCUT2D eigenvalue weighted by molar-refractivity contribution is 5.41. The van der Waals surface area contributed by atoms with Gasteiger partial charge in [0.1, 0.15) is 0 Å². The van der Waals surface area contributed by atoms with E-state index < -0.39 is 0 Å². The molecule has 1 N–H and O–H groups in total. The molecule has 0 radical (unpaired) electrons. The molecule has 0 amide bonds. The summed E-state index contributed by atoms with van der Waals surface area (Å²) in [5, 5.41) is 3.70. The molecule has 0 fully saturated rings. The lowest BCUT2D eigenvalue weighted by atomic mass is 9.87. The van der Waals surface area contributed by atoms with Gasteiger partial charge in [-0.2, -0.15) is 0 Å². The third-order valence-electron chi connectivity index (χ3n) is 4.93. The van der Waals surface area contributed by atoms with Crippen molar-refractivity contribution in [1.82, 2.24) is 5.32 Å². The van der Waals surface area contributed by atoms with E-state index in [9.17, 15) is 0 Å². The first kappa shape index (κ1) is 14.3. The minimum absolute atomic E-state index is 0.454. The Bertz CT molecular complexity index is 670. The van der Waals surface area contributed by atoms with Gasteiger partial charge in [0.25, 0.3) is 0 Å². The average molecular weight is 279 g/mol. The van der Waals surface area contributed by atoms with Gasteiger partial charge in [-0.15, -0.1) is 0 Å². The second kappa shape index (κ2) is 5.65. The molecule has 0 aromatic heterocycles. The molecule has 0 spiro atoms. The first-order valence-corrected chi connectivity index (χ1v) is 7.94. The highest BCUT2D eigenvalue weighted by Crippen LogP contribution is 2.29. The van der Waals surface area contributed by atoms with Gasteiger partial charge in [0.2, 0.25) is 0 Å². The van der Waals surface area contributed by atoms with Gasteiger partial charge < -0.3 is 5.32 Å². The van der Waals surface area contributed by atoms with Crippen LogP contribution in [0.2, 0.25) is 0 Å². The fourth-order valence-electron chi connectivity index (χ4n) is 3.28. The number of nitrogens with one attached hydrogen (secondary N) is 1. The molecule has 0 unspecified atom stereocenters. The number of hydrogen-bond donors (Lipinski definition) is 1. The van der Waals surface area contributed by atoms with Crippen LogP contribution in [0.3, 0.4) is 0 Å². The molecule has 21 heavy (non-hydrogen) atoms. The summed E-state index contributed by atoms with van der Waals surface area (Å²) in [5.74, 6) is 0. The minimum atomic E-state index is 0.454. The number of rotatable bonds is 2. The van der Waals surface area contributed by atoms with Crippen LogP contribution in [-0.2, 0) is 12.8 Å². The lowest BCUT2D eigenvalue weighted by Crippen LogP contribution is -2.31. The Hall–Kier alpha value is -1.60. The number of aryl methyl sites for hydroxylation is 4. The van der Waals surface area contributed by atoms with Gasteiger partial charge in [0.15, 0.2) is 0 Å². The first-order chi connectivity index (χ1) is 10.0. The van der Waals surface area contributed by atoms with Gasteiger partial charge in [-0.25, -0.2) is 0 Å². The van der Waals surface area contributed by atoms with Crippen LogP contribution in [0.4, 0.5) is 0 Å². The van der Waals surface area contributed by atoms with Crippen LogP contribution in [0.5, 0.6) is 0 Å². The van der Waals surface area contributed by atoms with Gasteiger partial charge in [-0.3, -0.25) is 0 Å². The zero-order valence-electron chi connectivity index (χ0n) is 13.6. The second-order valence-corrected chi connectivity index (χ2v) is 6.51. The van der Waals surface area contributed by atoms with Crippen LogP contribution >= 0.6 is 0 Å². The van der Waals surface area contributed by atoms with Crippen molar-refractivity contribution in [2.45, 2.75) is 46.6 Å². The molecule has 1 atom stereocenters. The maximum absolute atomic E-state index is 3.70. The van der Waals surface area contributed by atoms with Crippen molar-refractivity contribution in [3.8, 4) is 0 Å². The van der Waals surface area contributed by atoms with Gasteiger partial charge >= 0.3 is 0 Å². The van der Waals surface area contributed by atoms with Crippen molar-refractivity contribution in [1.29, 1.82) is 0 Å². The number of fused-ring (bicyclic) bond motifs is 1. The van der Waals surface area contributed by atoms with E-state index >= 15 is 0 Å². The highest BCUT2D eigenvalue weighted by atomic mass is 14.9. The van der Waals surface area contributed by atoms with E-state index in [2.05, 4.69) is 63.3 Å². The molecule has 110 valence electrons.